The number of aliphatic hydroxyl groups excluding tert-OH is 1. The standard InChI is InChI=1S/C18H24FN3O/c1-13(2)9-22-11-14(8-20-22)10-21-12-17(23)7-18(21)15-3-5-16(19)6-4-15/h3-6,8,11,13,17-18,23H,7,9-10,12H2,1-2H3/t17-,18+/m0/s1. The number of likely N-dealkylation sites (tertiary alicyclic amines) is 1. The van der Waals surface area contributed by atoms with Crippen molar-refractivity contribution in [1.29, 1.82) is 0 Å². The topological polar surface area (TPSA) is 41.3 Å². The first-order valence-corrected chi connectivity index (χ1v) is 8.20. The van der Waals surface area contributed by atoms with Gasteiger partial charge in [0.05, 0.1) is 12.3 Å². The number of aliphatic hydroxyl groups is 1. The second kappa shape index (κ2) is 6.81. The van der Waals surface area contributed by atoms with Crippen molar-refractivity contribution in [3.8, 4) is 0 Å². The number of rotatable bonds is 5. The van der Waals surface area contributed by atoms with E-state index in [1.54, 1.807) is 0 Å². The molecule has 3 rings (SSSR count). The van der Waals surface area contributed by atoms with E-state index in [-0.39, 0.29) is 18.0 Å². The quantitative estimate of drug-likeness (QED) is 0.922. The predicted molar refractivity (Wildman–Crippen MR) is 87.2 cm³/mol. The molecule has 1 aliphatic heterocycles. The van der Waals surface area contributed by atoms with Crippen LogP contribution in [0, 0.1) is 11.7 Å². The van der Waals surface area contributed by atoms with Crippen molar-refractivity contribution in [2.45, 2.75) is 45.5 Å². The Kier molecular flexibility index (Phi) is 4.78. The molecule has 0 aliphatic carbocycles. The van der Waals surface area contributed by atoms with E-state index in [0.717, 1.165) is 24.2 Å². The molecule has 2 heterocycles. The average molecular weight is 317 g/mol. The van der Waals surface area contributed by atoms with E-state index in [4.69, 9.17) is 0 Å². The largest absolute Gasteiger partial charge is 0.392 e. The third-order valence-corrected chi connectivity index (χ3v) is 4.26. The van der Waals surface area contributed by atoms with E-state index in [1.165, 1.54) is 12.1 Å². The van der Waals surface area contributed by atoms with Crippen LogP contribution in [-0.4, -0.2) is 32.4 Å². The summed E-state index contributed by atoms with van der Waals surface area (Å²) in [7, 11) is 0. The molecular formula is C18H24FN3O. The molecule has 1 aromatic carbocycles. The van der Waals surface area contributed by atoms with Crippen LogP contribution in [0.3, 0.4) is 0 Å². The minimum atomic E-state index is -0.337. The molecule has 2 aromatic rings. The number of hydrogen-bond acceptors (Lipinski definition) is 3. The summed E-state index contributed by atoms with van der Waals surface area (Å²) < 4.78 is 15.1. The Hall–Kier alpha value is -1.72. The molecule has 0 saturated carbocycles. The molecule has 1 aromatic heterocycles. The van der Waals surface area contributed by atoms with Crippen molar-refractivity contribution in [2.75, 3.05) is 6.54 Å². The lowest BCUT2D eigenvalue weighted by Gasteiger charge is -2.23. The summed E-state index contributed by atoms with van der Waals surface area (Å²) in [5, 5.41) is 14.5. The van der Waals surface area contributed by atoms with E-state index in [9.17, 15) is 9.50 Å². The molecule has 1 aliphatic rings. The monoisotopic (exact) mass is 317 g/mol. The first-order chi connectivity index (χ1) is 11.0. The van der Waals surface area contributed by atoms with Crippen LogP contribution in [0.5, 0.6) is 0 Å². The highest BCUT2D eigenvalue weighted by Gasteiger charge is 2.32. The van der Waals surface area contributed by atoms with Crippen molar-refractivity contribution in [1.82, 2.24) is 14.7 Å². The Labute approximate surface area is 136 Å². The van der Waals surface area contributed by atoms with Gasteiger partial charge in [0.2, 0.25) is 0 Å². The Morgan fingerprint density at radius 2 is 2.04 bits per heavy atom. The number of halogens is 1. The summed E-state index contributed by atoms with van der Waals surface area (Å²) in [6.45, 7) is 6.63. The van der Waals surface area contributed by atoms with Gasteiger partial charge in [0.1, 0.15) is 5.82 Å². The van der Waals surface area contributed by atoms with Crippen LogP contribution < -0.4 is 0 Å². The Bertz CT molecular complexity index is 638. The van der Waals surface area contributed by atoms with Crippen molar-refractivity contribution in [2.24, 2.45) is 5.92 Å². The van der Waals surface area contributed by atoms with Crippen molar-refractivity contribution >= 4 is 0 Å². The molecule has 5 heteroatoms. The zero-order chi connectivity index (χ0) is 16.4. The third kappa shape index (κ3) is 3.98. The first kappa shape index (κ1) is 16.1. The van der Waals surface area contributed by atoms with Crippen LogP contribution in [-0.2, 0) is 13.1 Å². The highest BCUT2D eigenvalue weighted by atomic mass is 19.1. The Morgan fingerprint density at radius 3 is 2.74 bits per heavy atom. The number of nitrogens with zero attached hydrogens (tertiary/aromatic N) is 3. The lowest BCUT2D eigenvalue weighted by Crippen LogP contribution is -2.24. The Balaban J connectivity index is 1.72. The van der Waals surface area contributed by atoms with Gasteiger partial charge in [0.15, 0.2) is 0 Å². The van der Waals surface area contributed by atoms with Gasteiger partial charge in [-0.05, 0) is 30.0 Å². The molecule has 124 valence electrons. The molecule has 4 nitrogen and oxygen atoms in total. The van der Waals surface area contributed by atoms with Crippen molar-refractivity contribution < 1.29 is 9.50 Å². The highest BCUT2D eigenvalue weighted by molar-refractivity contribution is 5.22. The van der Waals surface area contributed by atoms with Gasteiger partial charge in [-0.25, -0.2) is 4.39 Å². The Morgan fingerprint density at radius 1 is 1.30 bits per heavy atom. The van der Waals surface area contributed by atoms with Crippen LogP contribution in [0.4, 0.5) is 4.39 Å². The van der Waals surface area contributed by atoms with E-state index < -0.39 is 0 Å². The van der Waals surface area contributed by atoms with Crippen LogP contribution in [0.15, 0.2) is 36.7 Å². The number of β-amino-alcohol motifs (C(OH)–C–C–N with tert-alkyl or cyclic N) is 1. The molecule has 0 unspecified atom stereocenters. The summed E-state index contributed by atoms with van der Waals surface area (Å²) in [6.07, 6.45) is 4.32. The van der Waals surface area contributed by atoms with Crippen LogP contribution >= 0.6 is 0 Å². The van der Waals surface area contributed by atoms with Crippen LogP contribution in [0.2, 0.25) is 0 Å². The SMILES string of the molecule is CC(C)Cn1cc(CN2C[C@@H](O)C[C@@H]2c2ccc(F)cc2)cn1. The lowest BCUT2D eigenvalue weighted by atomic mass is 10.0. The molecular weight excluding hydrogens is 293 g/mol. The molecule has 23 heavy (non-hydrogen) atoms. The molecule has 0 spiro atoms. The van der Waals surface area contributed by atoms with Gasteiger partial charge in [-0.1, -0.05) is 26.0 Å². The lowest BCUT2D eigenvalue weighted by molar-refractivity contribution is 0.172. The van der Waals surface area contributed by atoms with Gasteiger partial charge in [-0.3, -0.25) is 9.58 Å². The number of hydrogen-bond donors (Lipinski definition) is 1. The molecule has 2 atom stereocenters. The third-order valence-electron chi connectivity index (χ3n) is 4.26. The van der Waals surface area contributed by atoms with Gasteiger partial charge in [0.25, 0.3) is 0 Å². The zero-order valence-electron chi connectivity index (χ0n) is 13.7. The minimum Gasteiger partial charge on any atom is -0.392 e. The first-order valence-electron chi connectivity index (χ1n) is 8.20. The van der Waals surface area contributed by atoms with E-state index in [2.05, 4.69) is 30.0 Å². The zero-order valence-corrected chi connectivity index (χ0v) is 13.7. The summed E-state index contributed by atoms with van der Waals surface area (Å²) in [6, 6.07) is 6.72. The second-order valence-electron chi connectivity index (χ2n) is 6.85. The van der Waals surface area contributed by atoms with Gasteiger partial charge in [-0.15, -0.1) is 0 Å². The highest BCUT2D eigenvalue weighted by Crippen LogP contribution is 2.33. The maximum absolute atomic E-state index is 13.1. The van der Waals surface area contributed by atoms with Gasteiger partial charge in [-0.2, -0.15) is 5.10 Å². The summed E-state index contributed by atoms with van der Waals surface area (Å²) in [5.41, 5.74) is 2.20. The predicted octanol–water partition coefficient (Wildman–Crippen LogP) is 2.99. The molecule has 1 N–H and O–H groups in total. The fourth-order valence-electron chi connectivity index (χ4n) is 3.28. The maximum atomic E-state index is 13.1. The fourth-order valence-corrected chi connectivity index (χ4v) is 3.28. The minimum absolute atomic E-state index is 0.124. The molecule has 0 radical (unpaired) electrons. The summed E-state index contributed by atoms with van der Waals surface area (Å²) >= 11 is 0. The normalized spacial score (nSPS) is 22.1. The molecule has 0 amide bonds. The van der Waals surface area contributed by atoms with Gasteiger partial charge >= 0.3 is 0 Å². The molecule has 1 saturated heterocycles. The fraction of sp³-hybridized carbons (Fsp3) is 0.500. The summed E-state index contributed by atoms with van der Waals surface area (Å²) in [5.74, 6) is 0.331. The van der Waals surface area contributed by atoms with Crippen molar-refractivity contribution in [3.05, 3.63) is 53.6 Å². The van der Waals surface area contributed by atoms with E-state index in [1.807, 2.05) is 23.0 Å². The average Bonchev–Trinajstić information content (AvgIpc) is 3.06. The van der Waals surface area contributed by atoms with E-state index >= 15 is 0 Å². The summed E-state index contributed by atoms with van der Waals surface area (Å²) in [4.78, 5) is 2.24. The number of aromatic nitrogens is 2. The van der Waals surface area contributed by atoms with Gasteiger partial charge in [0, 0.05) is 37.4 Å². The number of benzene rings is 1. The smallest absolute Gasteiger partial charge is 0.123 e. The van der Waals surface area contributed by atoms with Crippen molar-refractivity contribution in [3.63, 3.8) is 0 Å². The van der Waals surface area contributed by atoms with Crippen LogP contribution in [0.25, 0.3) is 0 Å². The second-order valence-corrected chi connectivity index (χ2v) is 6.85. The molecule has 0 bridgehead atoms. The van der Waals surface area contributed by atoms with Crippen LogP contribution in [0.1, 0.15) is 37.4 Å². The maximum Gasteiger partial charge on any atom is 0.123 e. The van der Waals surface area contributed by atoms with E-state index in [0.29, 0.717) is 18.9 Å². The molecule has 1 fully saturated rings. The van der Waals surface area contributed by atoms with Gasteiger partial charge < -0.3 is 5.11 Å².